The van der Waals surface area contributed by atoms with E-state index in [1.165, 1.54) is 5.56 Å². The van der Waals surface area contributed by atoms with Gasteiger partial charge in [0.15, 0.2) is 15.0 Å². The number of carbonyl (C=O) groups is 1. The van der Waals surface area contributed by atoms with E-state index >= 15 is 0 Å². The number of piperidine rings is 1. The van der Waals surface area contributed by atoms with Gasteiger partial charge in [0.1, 0.15) is 12.4 Å². The molecule has 3 fully saturated rings. The van der Waals surface area contributed by atoms with Gasteiger partial charge in [0.2, 0.25) is 0 Å². The number of thiazole rings is 1. The second kappa shape index (κ2) is 10.5. The molecular weight excluding hydrogens is 546 g/mol. The first-order valence-corrected chi connectivity index (χ1v) is 16.4. The highest BCUT2D eigenvalue weighted by molar-refractivity contribution is 7.91. The molecule has 6 rings (SSSR count). The van der Waals surface area contributed by atoms with E-state index in [2.05, 4.69) is 60.9 Å². The zero-order valence-electron chi connectivity index (χ0n) is 23.1. The summed E-state index contributed by atoms with van der Waals surface area (Å²) in [6.45, 7) is 10.1. The standard InChI is InChI=1S/C30H35N3O5S2/c1-18-4-7-26(38-17-22-6-5-21(13-19(22)2)14-32-8-10-40(36,37)11-9-32)23(12-18)28-20(3)39-30(31-28)33-15-24-25(16-33)27(24)29(34)35/h4-7,12-13,24-25,27H,8-11,14-17H2,1-3H3,(H,34,35). The predicted molar refractivity (Wildman–Crippen MR) is 157 cm³/mol. The number of aromatic nitrogens is 1. The van der Waals surface area contributed by atoms with Crippen molar-refractivity contribution in [1.29, 1.82) is 0 Å². The van der Waals surface area contributed by atoms with Crippen molar-refractivity contribution in [2.75, 3.05) is 42.6 Å². The van der Waals surface area contributed by atoms with Crippen molar-refractivity contribution in [2.24, 2.45) is 17.8 Å². The van der Waals surface area contributed by atoms with Gasteiger partial charge in [0, 0.05) is 43.2 Å². The maximum atomic E-state index is 11.7. The van der Waals surface area contributed by atoms with Crippen molar-refractivity contribution in [3.8, 4) is 17.0 Å². The third kappa shape index (κ3) is 5.49. The number of fused-ring (bicyclic) bond motifs is 1. The Bertz CT molecular complexity index is 1540. The molecule has 212 valence electrons. The third-order valence-corrected chi connectivity index (χ3v) is 11.2. The van der Waals surface area contributed by atoms with Crippen LogP contribution in [0.1, 0.15) is 27.1 Å². The lowest BCUT2D eigenvalue weighted by atomic mass is 10.0. The van der Waals surface area contributed by atoms with Gasteiger partial charge in [0.05, 0.1) is 23.1 Å². The van der Waals surface area contributed by atoms with Gasteiger partial charge >= 0.3 is 5.97 Å². The van der Waals surface area contributed by atoms with Crippen molar-refractivity contribution in [1.82, 2.24) is 9.88 Å². The molecule has 3 heterocycles. The van der Waals surface area contributed by atoms with Crippen LogP contribution in [-0.2, 0) is 27.8 Å². The van der Waals surface area contributed by atoms with E-state index in [1.54, 1.807) is 11.3 Å². The highest BCUT2D eigenvalue weighted by Crippen LogP contribution is 2.53. The van der Waals surface area contributed by atoms with E-state index in [0.717, 1.165) is 63.3 Å². The molecular formula is C30H35N3O5S2. The van der Waals surface area contributed by atoms with Gasteiger partial charge in [0.25, 0.3) is 0 Å². The molecule has 1 aliphatic carbocycles. The number of carboxylic acid groups (broad SMARTS) is 1. The molecule has 8 nitrogen and oxygen atoms in total. The molecule has 0 amide bonds. The molecule has 2 atom stereocenters. The summed E-state index contributed by atoms with van der Waals surface area (Å²) in [6.07, 6.45) is 0. The van der Waals surface area contributed by atoms with Gasteiger partial charge in [-0.25, -0.2) is 13.4 Å². The number of aliphatic carboxylic acids is 1. The number of hydrogen-bond donors (Lipinski definition) is 1. The van der Waals surface area contributed by atoms with Crippen LogP contribution in [0.15, 0.2) is 36.4 Å². The highest BCUT2D eigenvalue weighted by atomic mass is 32.2. The molecule has 0 radical (unpaired) electrons. The molecule has 40 heavy (non-hydrogen) atoms. The van der Waals surface area contributed by atoms with Crippen LogP contribution in [0.25, 0.3) is 11.3 Å². The number of rotatable bonds is 8. The van der Waals surface area contributed by atoms with Crippen LogP contribution >= 0.6 is 11.3 Å². The molecule has 1 saturated carbocycles. The summed E-state index contributed by atoms with van der Waals surface area (Å²) in [6, 6.07) is 12.6. The van der Waals surface area contributed by atoms with E-state index in [-0.39, 0.29) is 29.3 Å². The first-order chi connectivity index (χ1) is 19.1. The minimum absolute atomic E-state index is 0.185. The van der Waals surface area contributed by atoms with Crippen molar-refractivity contribution < 1.29 is 23.1 Å². The summed E-state index contributed by atoms with van der Waals surface area (Å²) in [5, 5.41) is 10.3. The van der Waals surface area contributed by atoms with Crippen molar-refractivity contribution in [2.45, 2.75) is 33.9 Å². The van der Waals surface area contributed by atoms with Gasteiger partial charge in [-0.05, 0) is 61.4 Å². The van der Waals surface area contributed by atoms with Gasteiger partial charge in [-0.3, -0.25) is 9.69 Å². The van der Waals surface area contributed by atoms with Crippen molar-refractivity contribution in [3.63, 3.8) is 0 Å². The third-order valence-electron chi connectivity index (χ3n) is 8.56. The molecule has 2 unspecified atom stereocenters. The second-order valence-corrected chi connectivity index (χ2v) is 15.0. The zero-order valence-corrected chi connectivity index (χ0v) is 24.7. The van der Waals surface area contributed by atoms with E-state index in [4.69, 9.17) is 9.72 Å². The Hall–Kier alpha value is -2.95. The average molecular weight is 582 g/mol. The fourth-order valence-electron chi connectivity index (χ4n) is 6.11. The summed E-state index contributed by atoms with van der Waals surface area (Å²) in [5.41, 5.74) is 6.46. The average Bonchev–Trinajstić information content (AvgIpc) is 3.20. The highest BCUT2D eigenvalue weighted by Gasteiger charge is 2.60. The van der Waals surface area contributed by atoms with Crippen LogP contribution < -0.4 is 9.64 Å². The van der Waals surface area contributed by atoms with Gasteiger partial charge in [-0.2, -0.15) is 0 Å². The molecule has 2 aliphatic heterocycles. The fraction of sp³-hybridized carbons (Fsp3) is 0.467. The maximum absolute atomic E-state index is 11.7. The number of nitrogens with zero attached hydrogens (tertiary/aromatic N) is 3. The quantitative estimate of drug-likeness (QED) is 0.420. The van der Waals surface area contributed by atoms with Crippen LogP contribution in [0.2, 0.25) is 0 Å². The van der Waals surface area contributed by atoms with E-state index < -0.39 is 15.8 Å². The van der Waals surface area contributed by atoms with Crippen LogP contribution in [-0.4, -0.2) is 67.1 Å². The van der Waals surface area contributed by atoms with Gasteiger partial charge < -0.3 is 14.7 Å². The summed E-state index contributed by atoms with van der Waals surface area (Å²) < 4.78 is 29.8. The number of anilines is 1. The topological polar surface area (TPSA) is 100 Å². The largest absolute Gasteiger partial charge is 0.488 e. The number of carboxylic acids is 1. The summed E-state index contributed by atoms with van der Waals surface area (Å²) in [5.74, 6) is 0.898. The van der Waals surface area contributed by atoms with Crippen molar-refractivity contribution in [3.05, 3.63) is 63.5 Å². The molecule has 1 N–H and O–H groups in total. The smallest absolute Gasteiger partial charge is 0.307 e. The Morgan fingerprint density at radius 3 is 2.48 bits per heavy atom. The first-order valence-electron chi connectivity index (χ1n) is 13.8. The van der Waals surface area contributed by atoms with Crippen molar-refractivity contribution >= 4 is 32.3 Å². The second-order valence-electron chi connectivity index (χ2n) is 11.5. The SMILES string of the molecule is Cc1ccc(OCc2ccc(CN3CCS(=O)(=O)CC3)cc2C)c(-c2nc(N3CC4C(C3)C4C(=O)O)sc2C)c1. The number of ether oxygens (including phenoxy) is 1. The lowest BCUT2D eigenvalue weighted by Gasteiger charge is -2.26. The minimum atomic E-state index is -2.88. The van der Waals surface area contributed by atoms with Gasteiger partial charge in [-0.1, -0.05) is 29.8 Å². The monoisotopic (exact) mass is 581 g/mol. The number of sulfone groups is 1. The summed E-state index contributed by atoms with van der Waals surface area (Å²) in [7, 11) is -2.88. The normalized spacial score (nSPS) is 23.7. The Kier molecular flexibility index (Phi) is 7.13. The van der Waals surface area contributed by atoms with Crippen LogP contribution in [0, 0.1) is 38.5 Å². The Morgan fingerprint density at radius 1 is 1.07 bits per heavy atom. The molecule has 1 aromatic heterocycles. The molecule has 2 saturated heterocycles. The zero-order chi connectivity index (χ0) is 28.2. The first kappa shape index (κ1) is 27.2. The number of aryl methyl sites for hydroxylation is 3. The molecule has 3 aliphatic rings. The van der Waals surface area contributed by atoms with Gasteiger partial charge in [-0.15, -0.1) is 11.3 Å². The number of hydrogen-bond acceptors (Lipinski definition) is 8. The Balaban J connectivity index is 1.14. The lowest BCUT2D eigenvalue weighted by Crippen LogP contribution is -2.39. The van der Waals surface area contributed by atoms with Crippen LogP contribution in [0.4, 0.5) is 5.13 Å². The summed E-state index contributed by atoms with van der Waals surface area (Å²) in [4.78, 5) is 21.9. The van der Waals surface area contributed by atoms with E-state index in [1.807, 2.05) is 6.07 Å². The molecule has 0 spiro atoms. The minimum Gasteiger partial charge on any atom is -0.488 e. The molecule has 2 aromatic carbocycles. The molecule has 3 aromatic rings. The lowest BCUT2D eigenvalue weighted by molar-refractivity contribution is -0.139. The molecule has 0 bridgehead atoms. The Morgan fingerprint density at radius 2 is 1.80 bits per heavy atom. The fourth-order valence-corrected chi connectivity index (χ4v) is 8.33. The van der Waals surface area contributed by atoms with E-state index in [0.29, 0.717) is 19.7 Å². The number of benzene rings is 2. The van der Waals surface area contributed by atoms with E-state index in [9.17, 15) is 18.3 Å². The Labute approximate surface area is 239 Å². The van der Waals surface area contributed by atoms with Crippen LogP contribution in [0.5, 0.6) is 5.75 Å². The van der Waals surface area contributed by atoms with Crippen LogP contribution in [0.3, 0.4) is 0 Å². The molecule has 10 heteroatoms. The predicted octanol–water partition coefficient (Wildman–Crippen LogP) is 4.31. The maximum Gasteiger partial charge on any atom is 0.307 e. The summed E-state index contributed by atoms with van der Waals surface area (Å²) >= 11 is 1.66.